The maximum Gasteiger partial charge on any atom is 0.407 e. The molecule has 0 heterocycles. The molecule has 1 atom stereocenters. The van der Waals surface area contributed by atoms with Crippen molar-refractivity contribution in [2.45, 2.75) is 46.1 Å². The molecule has 29 heavy (non-hydrogen) atoms. The van der Waals surface area contributed by atoms with Crippen LogP contribution in [0.3, 0.4) is 0 Å². The van der Waals surface area contributed by atoms with Crippen molar-refractivity contribution in [2.24, 2.45) is 10.9 Å². The highest BCUT2D eigenvalue weighted by Gasteiger charge is 2.32. The molecule has 0 aromatic heterocycles. The number of hydrogen-bond donors (Lipinski definition) is 3. The van der Waals surface area contributed by atoms with Crippen LogP contribution in [0.25, 0.3) is 0 Å². The summed E-state index contributed by atoms with van der Waals surface area (Å²) in [5, 5.41) is 9.57. The Bertz CT molecular complexity index is 665. The van der Waals surface area contributed by atoms with Gasteiger partial charge >= 0.3 is 6.09 Å². The van der Waals surface area contributed by atoms with Gasteiger partial charge in [0.2, 0.25) is 0 Å². The second-order valence-corrected chi connectivity index (χ2v) is 7.01. The number of carbonyl (C=O) groups excluding carboxylic acids is 1. The molecule has 1 fully saturated rings. The van der Waals surface area contributed by atoms with Gasteiger partial charge in [-0.05, 0) is 63.1 Å². The lowest BCUT2D eigenvalue weighted by molar-refractivity contribution is 0.147. The Morgan fingerprint density at radius 2 is 2.03 bits per heavy atom. The first-order valence-electron chi connectivity index (χ1n) is 10.2. The lowest BCUT2D eigenvalue weighted by Crippen LogP contribution is -2.42. The molecule has 1 aliphatic rings. The number of ether oxygens (including phenoxy) is 2. The molecule has 1 aromatic rings. The lowest BCUT2D eigenvalue weighted by Gasteiger charge is -2.17. The summed E-state index contributed by atoms with van der Waals surface area (Å²) in [5.74, 6) is 2.17. The molecule has 1 aliphatic carbocycles. The molecule has 1 amide bonds. The molecule has 1 saturated carbocycles. The SMILES string of the molecule is CCNC(=NCC(NC(=O)OCC)C1CC1)NCCc1ccc(C)c(OC)c1.I. The van der Waals surface area contributed by atoms with Gasteiger partial charge in [0.05, 0.1) is 26.3 Å². The van der Waals surface area contributed by atoms with Crippen molar-refractivity contribution in [1.29, 1.82) is 0 Å². The van der Waals surface area contributed by atoms with Crippen molar-refractivity contribution in [3.8, 4) is 5.75 Å². The van der Waals surface area contributed by atoms with E-state index in [4.69, 9.17) is 9.47 Å². The van der Waals surface area contributed by atoms with Crippen molar-refractivity contribution in [3.05, 3.63) is 29.3 Å². The number of guanidine groups is 1. The van der Waals surface area contributed by atoms with E-state index >= 15 is 0 Å². The van der Waals surface area contributed by atoms with Crippen molar-refractivity contribution >= 4 is 36.0 Å². The zero-order chi connectivity index (χ0) is 20.4. The second kappa shape index (κ2) is 13.5. The Morgan fingerprint density at radius 1 is 1.28 bits per heavy atom. The van der Waals surface area contributed by atoms with Crippen molar-refractivity contribution in [1.82, 2.24) is 16.0 Å². The van der Waals surface area contributed by atoms with Gasteiger partial charge in [-0.15, -0.1) is 24.0 Å². The Labute approximate surface area is 191 Å². The molecule has 0 spiro atoms. The summed E-state index contributed by atoms with van der Waals surface area (Å²) in [7, 11) is 1.70. The normalized spacial score (nSPS) is 14.4. The number of aryl methyl sites for hydroxylation is 1. The van der Waals surface area contributed by atoms with E-state index in [1.165, 1.54) is 5.56 Å². The van der Waals surface area contributed by atoms with Crippen LogP contribution in [0.15, 0.2) is 23.2 Å². The Balaban J connectivity index is 0.00000420. The fourth-order valence-electron chi connectivity index (χ4n) is 3.01. The highest BCUT2D eigenvalue weighted by Crippen LogP contribution is 2.32. The van der Waals surface area contributed by atoms with Crippen LogP contribution in [0.1, 0.15) is 37.8 Å². The van der Waals surface area contributed by atoms with Gasteiger partial charge in [-0.3, -0.25) is 4.99 Å². The molecule has 0 radical (unpaired) electrons. The molecule has 1 unspecified atom stereocenters. The van der Waals surface area contributed by atoms with Gasteiger partial charge in [0.1, 0.15) is 5.75 Å². The maximum absolute atomic E-state index is 11.7. The number of rotatable bonds is 10. The van der Waals surface area contributed by atoms with E-state index in [1.54, 1.807) is 14.0 Å². The van der Waals surface area contributed by atoms with Gasteiger partial charge in [0.15, 0.2) is 5.96 Å². The quantitative estimate of drug-likeness (QED) is 0.252. The van der Waals surface area contributed by atoms with Crippen LogP contribution in [0.2, 0.25) is 0 Å². The predicted molar refractivity (Wildman–Crippen MR) is 128 cm³/mol. The Kier molecular flexibility index (Phi) is 11.8. The Morgan fingerprint density at radius 3 is 2.66 bits per heavy atom. The number of benzene rings is 1. The molecule has 2 rings (SSSR count). The molecular weight excluding hydrogens is 483 g/mol. The smallest absolute Gasteiger partial charge is 0.407 e. The van der Waals surface area contributed by atoms with Gasteiger partial charge < -0.3 is 25.4 Å². The van der Waals surface area contributed by atoms with Crippen LogP contribution in [0.4, 0.5) is 4.79 Å². The zero-order valence-corrected chi connectivity index (χ0v) is 20.2. The van der Waals surface area contributed by atoms with Crippen LogP contribution >= 0.6 is 24.0 Å². The van der Waals surface area contributed by atoms with Crippen LogP contribution in [0.5, 0.6) is 5.75 Å². The van der Waals surface area contributed by atoms with E-state index < -0.39 is 0 Å². The number of nitrogens with one attached hydrogen (secondary N) is 3. The first-order valence-corrected chi connectivity index (χ1v) is 10.2. The van der Waals surface area contributed by atoms with Crippen LogP contribution < -0.4 is 20.7 Å². The number of carbonyl (C=O) groups is 1. The monoisotopic (exact) mass is 518 g/mol. The fraction of sp³-hybridized carbons (Fsp3) is 0.619. The van der Waals surface area contributed by atoms with Crippen molar-refractivity contribution < 1.29 is 14.3 Å². The van der Waals surface area contributed by atoms with E-state index in [2.05, 4.69) is 39.1 Å². The number of nitrogens with zero attached hydrogens (tertiary/aromatic N) is 1. The summed E-state index contributed by atoms with van der Waals surface area (Å²) in [6.45, 7) is 8.34. The third-order valence-electron chi connectivity index (χ3n) is 4.74. The summed E-state index contributed by atoms with van der Waals surface area (Å²) in [5.41, 5.74) is 2.35. The largest absolute Gasteiger partial charge is 0.496 e. The molecule has 3 N–H and O–H groups in total. The highest BCUT2D eigenvalue weighted by molar-refractivity contribution is 14.0. The summed E-state index contributed by atoms with van der Waals surface area (Å²) >= 11 is 0. The third-order valence-corrected chi connectivity index (χ3v) is 4.74. The number of alkyl carbamates (subject to hydrolysis) is 1. The molecule has 0 aliphatic heterocycles. The first-order chi connectivity index (χ1) is 13.6. The van der Waals surface area contributed by atoms with Gasteiger partial charge in [-0.1, -0.05) is 12.1 Å². The zero-order valence-electron chi connectivity index (χ0n) is 17.9. The molecule has 0 bridgehead atoms. The number of methoxy groups -OCH3 is 1. The number of hydrogen-bond acceptors (Lipinski definition) is 4. The van der Waals surface area contributed by atoms with E-state index in [1.807, 2.05) is 13.8 Å². The lowest BCUT2D eigenvalue weighted by atomic mass is 10.1. The van der Waals surface area contributed by atoms with E-state index in [9.17, 15) is 4.79 Å². The van der Waals surface area contributed by atoms with Gasteiger partial charge in [0.25, 0.3) is 0 Å². The Hall–Kier alpha value is -1.71. The molecule has 1 aromatic carbocycles. The summed E-state index contributed by atoms with van der Waals surface area (Å²) in [4.78, 5) is 16.4. The molecule has 8 heteroatoms. The molecule has 7 nitrogen and oxygen atoms in total. The summed E-state index contributed by atoms with van der Waals surface area (Å²) in [6.07, 6.45) is 2.77. The molecular formula is C21H35IN4O3. The summed E-state index contributed by atoms with van der Waals surface area (Å²) in [6, 6.07) is 6.30. The number of halogens is 1. The van der Waals surface area contributed by atoms with Crippen LogP contribution in [0, 0.1) is 12.8 Å². The highest BCUT2D eigenvalue weighted by atomic mass is 127. The number of aliphatic imine (C=N–C) groups is 1. The van der Waals surface area contributed by atoms with Crippen LogP contribution in [-0.2, 0) is 11.2 Å². The first kappa shape index (κ1) is 25.3. The van der Waals surface area contributed by atoms with Crippen molar-refractivity contribution in [3.63, 3.8) is 0 Å². The third kappa shape index (κ3) is 9.10. The topological polar surface area (TPSA) is 84.0 Å². The minimum Gasteiger partial charge on any atom is -0.496 e. The van der Waals surface area contributed by atoms with E-state index in [-0.39, 0.29) is 36.1 Å². The second-order valence-electron chi connectivity index (χ2n) is 7.01. The summed E-state index contributed by atoms with van der Waals surface area (Å²) < 4.78 is 10.4. The van der Waals surface area contributed by atoms with E-state index in [0.717, 1.165) is 49.6 Å². The predicted octanol–water partition coefficient (Wildman–Crippen LogP) is 3.24. The average molecular weight is 518 g/mol. The van der Waals surface area contributed by atoms with Gasteiger partial charge in [0, 0.05) is 13.1 Å². The van der Waals surface area contributed by atoms with Crippen molar-refractivity contribution in [2.75, 3.05) is 33.4 Å². The molecule has 164 valence electrons. The van der Waals surface area contributed by atoms with Gasteiger partial charge in [-0.25, -0.2) is 4.79 Å². The molecule has 0 saturated heterocycles. The number of amides is 1. The van der Waals surface area contributed by atoms with Gasteiger partial charge in [-0.2, -0.15) is 0 Å². The fourth-order valence-corrected chi connectivity index (χ4v) is 3.01. The standard InChI is InChI=1S/C21H34N4O3.HI/c1-5-22-20(23-12-11-16-8-7-15(3)19(13-16)27-4)24-14-18(17-9-10-17)25-21(26)28-6-2;/h7-8,13,17-18H,5-6,9-12,14H2,1-4H3,(H,25,26)(H2,22,23,24);1H. The minimum absolute atomic E-state index is 0. The van der Waals surface area contributed by atoms with Crippen LogP contribution in [-0.4, -0.2) is 51.4 Å². The average Bonchev–Trinajstić information content (AvgIpc) is 3.51. The maximum atomic E-state index is 11.7. The van der Waals surface area contributed by atoms with E-state index in [0.29, 0.717) is 19.1 Å². The minimum atomic E-state index is -0.360.